The summed E-state index contributed by atoms with van der Waals surface area (Å²) in [6.45, 7) is 2.17. The van der Waals surface area contributed by atoms with Crippen LogP contribution in [0, 0.1) is 0 Å². The fourth-order valence-corrected chi connectivity index (χ4v) is 1.64. The zero-order valence-electron chi connectivity index (χ0n) is 11.9. The van der Waals surface area contributed by atoms with Crippen LogP contribution in [0.3, 0.4) is 0 Å². The largest absolute Gasteiger partial charge is 0.469 e. The zero-order chi connectivity index (χ0) is 14.5. The maximum absolute atomic E-state index is 11.5. The summed E-state index contributed by atoms with van der Waals surface area (Å²) >= 11 is 0. The minimum atomic E-state index is -0.234. The summed E-state index contributed by atoms with van der Waals surface area (Å²) in [6, 6.07) is 0. The summed E-state index contributed by atoms with van der Waals surface area (Å²) < 4.78 is 9.31. The number of rotatable bonds is 11. The molecule has 0 radical (unpaired) electrons. The van der Waals surface area contributed by atoms with Crippen molar-refractivity contribution < 1.29 is 23.9 Å². The minimum Gasteiger partial charge on any atom is -0.469 e. The summed E-state index contributed by atoms with van der Waals surface area (Å²) in [7, 11) is 1.36. The number of ether oxygens (including phenoxy) is 2. The van der Waals surface area contributed by atoms with Crippen molar-refractivity contribution in [3.8, 4) is 0 Å². The van der Waals surface area contributed by atoms with Crippen molar-refractivity contribution in [1.29, 1.82) is 0 Å². The standard InChI is InChI=1S/C14H24O5/c1-3-19-14(17)11-7-5-9-12(15)8-4-6-10-13(16)18-2/h3-11H2,1-2H3. The molecule has 5 heteroatoms. The average molecular weight is 272 g/mol. The molecular formula is C14H24O5. The highest BCUT2D eigenvalue weighted by molar-refractivity contribution is 5.78. The Labute approximate surface area is 114 Å². The molecule has 0 unspecified atom stereocenters. The van der Waals surface area contributed by atoms with Crippen LogP contribution in [0.5, 0.6) is 0 Å². The monoisotopic (exact) mass is 272 g/mol. The number of hydrogen-bond donors (Lipinski definition) is 0. The van der Waals surface area contributed by atoms with Crippen LogP contribution >= 0.6 is 0 Å². The Kier molecular flexibility index (Phi) is 10.8. The van der Waals surface area contributed by atoms with E-state index in [9.17, 15) is 14.4 Å². The van der Waals surface area contributed by atoms with Crippen LogP contribution in [0.25, 0.3) is 0 Å². The van der Waals surface area contributed by atoms with Gasteiger partial charge in [0.15, 0.2) is 0 Å². The molecule has 0 aliphatic rings. The van der Waals surface area contributed by atoms with E-state index in [0.29, 0.717) is 58.0 Å². The van der Waals surface area contributed by atoms with Gasteiger partial charge in [0.2, 0.25) is 0 Å². The highest BCUT2D eigenvalue weighted by Gasteiger charge is 2.06. The van der Waals surface area contributed by atoms with E-state index in [0.717, 1.165) is 0 Å². The number of methoxy groups -OCH3 is 1. The smallest absolute Gasteiger partial charge is 0.305 e. The summed E-state index contributed by atoms with van der Waals surface area (Å²) in [5.74, 6) is -0.247. The molecule has 0 spiro atoms. The first-order valence-corrected chi connectivity index (χ1v) is 6.84. The molecule has 110 valence electrons. The van der Waals surface area contributed by atoms with Gasteiger partial charge in [0.1, 0.15) is 5.78 Å². The van der Waals surface area contributed by atoms with Gasteiger partial charge in [-0.2, -0.15) is 0 Å². The Morgan fingerprint density at radius 2 is 1.26 bits per heavy atom. The lowest BCUT2D eigenvalue weighted by molar-refractivity contribution is -0.143. The lowest BCUT2D eigenvalue weighted by Gasteiger charge is -2.02. The molecule has 0 aromatic rings. The number of Topliss-reactive ketones (excluding diaryl/α,β-unsaturated/α-hetero) is 1. The van der Waals surface area contributed by atoms with Crippen LogP contribution in [-0.2, 0) is 23.9 Å². The van der Waals surface area contributed by atoms with Crippen LogP contribution < -0.4 is 0 Å². The highest BCUT2D eigenvalue weighted by Crippen LogP contribution is 2.07. The molecule has 0 fully saturated rings. The first kappa shape index (κ1) is 17.6. The molecule has 0 rings (SSSR count). The van der Waals surface area contributed by atoms with E-state index in [1.807, 2.05) is 0 Å². The zero-order valence-corrected chi connectivity index (χ0v) is 11.9. The lowest BCUT2D eigenvalue weighted by Crippen LogP contribution is -2.04. The van der Waals surface area contributed by atoms with Gasteiger partial charge in [0.25, 0.3) is 0 Å². The molecule has 0 aromatic heterocycles. The SMILES string of the molecule is CCOC(=O)CCCCC(=O)CCCCC(=O)OC. The Morgan fingerprint density at radius 1 is 0.789 bits per heavy atom. The van der Waals surface area contributed by atoms with Crippen LogP contribution in [-0.4, -0.2) is 31.4 Å². The van der Waals surface area contributed by atoms with Crippen molar-refractivity contribution in [2.45, 2.75) is 58.3 Å². The molecule has 0 aliphatic heterocycles. The summed E-state index contributed by atoms with van der Waals surface area (Å²) in [5.41, 5.74) is 0. The normalized spacial score (nSPS) is 10.0. The second kappa shape index (κ2) is 11.7. The quantitative estimate of drug-likeness (QED) is 0.427. The van der Waals surface area contributed by atoms with E-state index in [1.165, 1.54) is 7.11 Å². The molecule has 0 atom stereocenters. The van der Waals surface area contributed by atoms with Crippen molar-refractivity contribution >= 4 is 17.7 Å². The van der Waals surface area contributed by atoms with Crippen LogP contribution in [0.15, 0.2) is 0 Å². The van der Waals surface area contributed by atoms with Gasteiger partial charge in [-0.25, -0.2) is 0 Å². The molecule has 0 bridgehead atoms. The van der Waals surface area contributed by atoms with E-state index in [4.69, 9.17) is 4.74 Å². The fraction of sp³-hybridized carbons (Fsp3) is 0.786. The number of ketones is 1. The predicted octanol–water partition coefficient (Wildman–Crippen LogP) is 2.41. The average Bonchev–Trinajstić information content (AvgIpc) is 2.39. The number of carbonyl (C=O) groups is 3. The van der Waals surface area contributed by atoms with Crippen LogP contribution in [0.4, 0.5) is 0 Å². The van der Waals surface area contributed by atoms with Crippen molar-refractivity contribution in [2.24, 2.45) is 0 Å². The number of hydrogen-bond acceptors (Lipinski definition) is 5. The molecule has 0 saturated heterocycles. The van der Waals surface area contributed by atoms with Gasteiger partial charge in [-0.3, -0.25) is 14.4 Å². The molecule has 0 amide bonds. The van der Waals surface area contributed by atoms with E-state index < -0.39 is 0 Å². The van der Waals surface area contributed by atoms with Crippen LogP contribution in [0.2, 0.25) is 0 Å². The van der Waals surface area contributed by atoms with E-state index in [-0.39, 0.29) is 17.7 Å². The van der Waals surface area contributed by atoms with E-state index in [1.54, 1.807) is 6.92 Å². The maximum atomic E-state index is 11.5. The fourth-order valence-electron chi connectivity index (χ4n) is 1.64. The van der Waals surface area contributed by atoms with Crippen molar-refractivity contribution in [2.75, 3.05) is 13.7 Å². The Bertz CT molecular complexity index is 286. The van der Waals surface area contributed by atoms with Gasteiger partial charge in [-0.15, -0.1) is 0 Å². The second-order valence-corrected chi connectivity index (χ2v) is 4.33. The molecule has 0 saturated carbocycles. The van der Waals surface area contributed by atoms with Gasteiger partial charge < -0.3 is 9.47 Å². The summed E-state index contributed by atoms with van der Waals surface area (Å²) in [5, 5.41) is 0. The molecular weight excluding hydrogens is 248 g/mol. The van der Waals surface area contributed by atoms with Gasteiger partial charge in [-0.05, 0) is 32.6 Å². The van der Waals surface area contributed by atoms with Crippen LogP contribution in [0.1, 0.15) is 58.3 Å². The third kappa shape index (κ3) is 11.4. The van der Waals surface area contributed by atoms with Gasteiger partial charge in [0.05, 0.1) is 13.7 Å². The summed E-state index contributed by atoms with van der Waals surface area (Å²) in [6.07, 6.45) is 4.54. The Morgan fingerprint density at radius 3 is 1.74 bits per heavy atom. The second-order valence-electron chi connectivity index (χ2n) is 4.33. The van der Waals surface area contributed by atoms with Crippen molar-refractivity contribution in [3.63, 3.8) is 0 Å². The lowest BCUT2D eigenvalue weighted by atomic mass is 10.1. The van der Waals surface area contributed by atoms with Crippen molar-refractivity contribution in [1.82, 2.24) is 0 Å². The third-order valence-electron chi connectivity index (χ3n) is 2.71. The highest BCUT2D eigenvalue weighted by atomic mass is 16.5. The Balaban J connectivity index is 3.40. The predicted molar refractivity (Wildman–Crippen MR) is 70.6 cm³/mol. The maximum Gasteiger partial charge on any atom is 0.305 e. The van der Waals surface area contributed by atoms with Gasteiger partial charge in [0, 0.05) is 25.7 Å². The number of unbranched alkanes of at least 4 members (excludes halogenated alkanes) is 2. The first-order chi connectivity index (χ1) is 9.10. The summed E-state index contributed by atoms with van der Waals surface area (Å²) in [4.78, 5) is 33.4. The molecule has 0 heterocycles. The molecule has 5 nitrogen and oxygen atoms in total. The minimum absolute atomic E-state index is 0.189. The van der Waals surface area contributed by atoms with E-state index in [2.05, 4.69) is 4.74 Å². The molecule has 0 aromatic carbocycles. The Hall–Kier alpha value is -1.39. The molecule has 19 heavy (non-hydrogen) atoms. The third-order valence-corrected chi connectivity index (χ3v) is 2.71. The van der Waals surface area contributed by atoms with E-state index >= 15 is 0 Å². The topological polar surface area (TPSA) is 69.7 Å². The number of esters is 2. The molecule has 0 aliphatic carbocycles. The van der Waals surface area contributed by atoms with Gasteiger partial charge in [-0.1, -0.05) is 0 Å². The number of carbonyl (C=O) groups excluding carboxylic acids is 3. The molecule has 0 N–H and O–H groups in total. The first-order valence-electron chi connectivity index (χ1n) is 6.84. The van der Waals surface area contributed by atoms with Gasteiger partial charge >= 0.3 is 11.9 Å². The van der Waals surface area contributed by atoms with Crippen molar-refractivity contribution in [3.05, 3.63) is 0 Å².